The highest BCUT2D eigenvalue weighted by Gasteiger charge is 2.40. The van der Waals surface area contributed by atoms with Crippen molar-refractivity contribution in [2.24, 2.45) is 11.3 Å². The van der Waals surface area contributed by atoms with Gasteiger partial charge in [0.1, 0.15) is 5.78 Å². The molecule has 1 aliphatic carbocycles. The van der Waals surface area contributed by atoms with Gasteiger partial charge in [-0.1, -0.05) is 13.8 Å². The van der Waals surface area contributed by atoms with E-state index in [1.165, 1.54) is 13.3 Å². The lowest BCUT2D eigenvalue weighted by Crippen LogP contribution is -2.38. The summed E-state index contributed by atoms with van der Waals surface area (Å²) < 4.78 is 0. The third-order valence-corrected chi connectivity index (χ3v) is 2.51. The summed E-state index contributed by atoms with van der Waals surface area (Å²) in [5.74, 6) is 0.726. The zero-order chi connectivity index (χ0) is 9.78. The second-order valence-corrected chi connectivity index (χ2v) is 3.91. The molecule has 1 aliphatic rings. The molecule has 0 bridgehead atoms. The molecule has 2 heteroatoms. The van der Waals surface area contributed by atoms with Gasteiger partial charge in [-0.2, -0.15) is 5.26 Å². The highest BCUT2D eigenvalue weighted by Crippen LogP contribution is 2.46. The van der Waals surface area contributed by atoms with Gasteiger partial charge in [-0.3, -0.25) is 4.79 Å². The molecular formula is C10H17NO. The molecule has 0 N–H and O–H groups in total. The van der Waals surface area contributed by atoms with Gasteiger partial charge < -0.3 is 0 Å². The van der Waals surface area contributed by atoms with Gasteiger partial charge in [0.2, 0.25) is 0 Å². The first-order valence-corrected chi connectivity index (χ1v) is 4.27. The normalized spacial score (nSPS) is 24.1. The molecule has 0 unspecified atom stereocenters. The molecule has 0 heterocycles. The highest BCUT2D eigenvalue weighted by atomic mass is 16.1. The van der Waals surface area contributed by atoms with Crippen LogP contribution in [0.25, 0.3) is 0 Å². The second-order valence-electron chi connectivity index (χ2n) is 3.91. The van der Waals surface area contributed by atoms with Gasteiger partial charge in [0.25, 0.3) is 0 Å². The number of Topliss-reactive ketones (excluding diaryl/α,β-unsaturated/α-hetero) is 1. The van der Waals surface area contributed by atoms with Crippen LogP contribution in [0.2, 0.25) is 0 Å². The van der Waals surface area contributed by atoms with Crippen LogP contribution in [0.4, 0.5) is 0 Å². The second kappa shape index (κ2) is 4.25. The Bertz CT molecular complexity index is 200. The molecule has 1 atom stereocenters. The Morgan fingerprint density at radius 2 is 2.00 bits per heavy atom. The van der Waals surface area contributed by atoms with Gasteiger partial charge in [-0.25, -0.2) is 0 Å². The van der Waals surface area contributed by atoms with E-state index in [0.717, 1.165) is 6.42 Å². The lowest BCUT2D eigenvalue weighted by molar-refractivity contribution is -0.129. The van der Waals surface area contributed by atoms with Crippen LogP contribution in [0.1, 0.15) is 40.5 Å². The lowest BCUT2D eigenvalue weighted by Gasteiger charge is -2.42. The van der Waals surface area contributed by atoms with Gasteiger partial charge in [0.05, 0.1) is 6.07 Å². The summed E-state index contributed by atoms with van der Waals surface area (Å²) >= 11 is 0. The number of nitrogens with zero attached hydrogens (tertiary/aromatic N) is 1. The molecule has 0 spiro atoms. The standard InChI is InChI=1S/C8H14O.C2H3N/c1-6(9)7-4-5-8(7,2)3;1-2-3/h7H,4-5H2,1-3H3;1H3/t7-;/m1./s1. The monoisotopic (exact) mass is 167 g/mol. The molecule has 0 aromatic rings. The van der Waals surface area contributed by atoms with Crippen LogP contribution in [0.3, 0.4) is 0 Å². The van der Waals surface area contributed by atoms with E-state index in [1.54, 1.807) is 13.0 Å². The molecule has 0 saturated heterocycles. The van der Waals surface area contributed by atoms with Crippen molar-refractivity contribution in [3.63, 3.8) is 0 Å². The number of ketones is 1. The summed E-state index contributed by atoms with van der Waals surface area (Å²) in [4.78, 5) is 10.8. The summed E-state index contributed by atoms with van der Waals surface area (Å²) in [5.41, 5.74) is 0.311. The van der Waals surface area contributed by atoms with Crippen LogP contribution in [0.5, 0.6) is 0 Å². The van der Waals surface area contributed by atoms with Crippen LogP contribution in [-0.4, -0.2) is 5.78 Å². The average Bonchev–Trinajstić information content (AvgIpc) is 1.86. The van der Waals surface area contributed by atoms with Crippen LogP contribution < -0.4 is 0 Å². The third kappa shape index (κ3) is 2.65. The number of carbonyl (C=O) groups is 1. The van der Waals surface area contributed by atoms with E-state index in [4.69, 9.17) is 5.26 Å². The Balaban J connectivity index is 0.000000354. The summed E-state index contributed by atoms with van der Waals surface area (Å²) in [6, 6.07) is 1.75. The van der Waals surface area contributed by atoms with Crippen molar-refractivity contribution in [3.05, 3.63) is 0 Å². The smallest absolute Gasteiger partial charge is 0.133 e. The predicted molar refractivity (Wildman–Crippen MR) is 48.5 cm³/mol. The summed E-state index contributed by atoms with van der Waals surface area (Å²) in [5, 5.41) is 7.32. The molecule has 0 aliphatic heterocycles. The molecule has 12 heavy (non-hydrogen) atoms. The van der Waals surface area contributed by atoms with E-state index < -0.39 is 0 Å². The molecule has 0 amide bonds. The molecule has 1 rings (SSSR count). The fourth-order valence-electron chi connectivity index (χ4n) is 1.62. The minimum atomic E-state index is 0.311. The molecule has 0 aromatic carbocycles. The molecule has 0 aromatic heterocycles. The maximum absolute atomic E-state index is 10.8. The number of hydrogen-bond acceptors (Lipinski definition) is 2. The van der Waals surface area contributed by atoms with Crippen molar-refractivity contribution in [2.45, 2.75) is 40.5 Å². The van der Waals surface area contributed by atoms with Gasteiger partial charge in [-0.15, -0.1) is 0 Å². The first kappa shape index (κ1) is 11.2. The van der Waals surface area contributed by atoms with E-state index in [1.807, 2.05) is 0 Å². The predicted octanol–water partition coefficient (Wildman–Crippen LogP) is 2.54. The van der Waals surface area contributed by atoms with Crippen molar-refractivity contribution >= 4 is 5.78 Å². The third-order valence-electron chi connectivity index (χ3n) is 2.51. The first-order valence-electron chi connectivity index (χ1n) is 4.27. The van der Waals surface area contributed by atoms with Crippen molar-refractivity contribution in [3.8, 4) is 6.07 Å². The van der Waals surface area contributed by atoms with Gasteiger partial charge in [0, 0.05) is 12.8 Å². The maximum Gasteiger partial charge on any atom is 0.133 e. The lowest BCUT2D eigenvalue weighted by atomic mass is 9.61. The van der Waals surface area contributed by atoms with Crippen molar-refractivity contribution in [2.75, 3.05) is 0 Å². The maximum atomic E-state index is 10.8. The summed E-state index contributed by atoms with van der Waals surface area (Å²) in [6.07, 6.45) is 2.33. The highest BCUT2D eigenvalue weighted by molar-refractivity contribution is 5.80. The molecule has 68 valence electrons. The molecular weight excluding hydrogens is 150 g/mol. The van der Waals surface area contributed by atoms with Crippen LogP contribution in [-0.2, 0) is 4.79 Å². The van der Waals surface area contributed by atoms with Crippen molar-refractivity contribution < 1.29 is 4.79 Å². The Morgan fingerprint density at radius 3 is 2.00 bits per heavy atom. The topological polar surface area (TPSA) is 40.9 Å². The number of nitriles is 1. The Labute approximate surface area is 74.6 Å². The van der Waals surface area contributed by atoms with Gasteiger partial charge >= 0.3 is 0 Å². The minimum Gasteiger partial charge on any atom is -0.300 e. The van der Waals surface area contributed by atoms with Crippen molar-refractivity contribution in [1.29, 1.82) is 5.26 Å². The number of carbonyl (C=O) groups excluding carboxylic acids is 1. The van der Waals surface area contributed by atoms with Crippen LogP contribution in [0.15, 0.2) is 0 Å². The fourth-order valence-corrected chi connectivity index (χ4v) is 1.62. The van der Waals surface area contributed by atoms with Gasteiger partial charge in [-0.05, 0) is 25.2 Å². The summed E-state index contributed by atoms with van der Waals surface area (Å²) in [7, 11) is 0. The Morgan fingerprint density at radius 1 is 1.58 bits per heavy atom. The molecule has 2 nitrogen and oxygen atoms in total. The molecule has 1 fully saturated rings. The van der Waals surface area contributed by atoms with Crippen LogP contribution in [0, 0.1) is 22.7 Å². The average molecular weight is 167 g/mol. The van der Waals surface area contributed by atoms with E-state index in [-0.39, 0.29) is 0 Å². The zero-order valence-electron chi connectivity index (χ0n) is 8.35. The fraction of sp³-hybridized carbons (Fsp3) is 0.800. The number of rotatable bonds is 1. The van der Waals surface area contributed by atoms with E-state index in [0.29, 0.717) is 17.1 Å². The Kier molecular flexibility index (Phi) is 3.95. The van der Waals surface area contributed by atoms with Crippen LogP contribution >= 0.6 is 0 Å². The van der Waals surface area contributed by atoms with Gasteiger partial charge in [0.15, 0.2) is 0 Å². The summed E-state index contributed by atoms with van der Waals surface area (Å²) in [6.45, 7) is 7.47. The number of hydrogen-bond donors (Lipinski definition) is 0. The first-order chi connectivity index (χ1) is 5.45. The SMILES string of the molecule is CC#N.CC(=O)[C@H]1CCC1(C)C. The zero-order valence-corrected chi connectivity index (χ0v) is 8.35. The largest absolute Gasteiger partial charge is 0.300 e. The Hall–Kier alpha value is -0.840. The van der Waals surface area contributed by atoms with E-state index >= 15 is 0 Å². The van der Waals surface area contributed by atoms with Crippen molar-refractivity contribution in [1.82, 2.24) is 0 Å². The van der Waals surface area contributed by atoms with E-state index in [2.05, 4.69) is 13.8 Å². The molecule has 1 saturated carbocycles. The molecule has 0 radical (unpaired) electrons. The minimum absolute atomic E-state index is 0.311. The quantitative estimate of drug-likeness (QED) is 0.602. The van der Waals surface area contributed by atoms with E-state index in [9.17, 15) is 4.79 Å².